The van der Waals surface area contributed by atoms with Crippen molar-refractivity contribution in [3.05, 3.63) is 29.8 Å². The van der Waals surface area contributed by atoms with E-state index in [-0.39, 0.29) is 11.0 Å². The Morgan fingerprint density at radius 3 is 2.72 bits per heavy atom. The highest BCUT2D eigenvalue weighted by molar-refractivity contribution is 5.94. The zero-order chi connectivity index (χ0) is 13.8. The van der Waals surface area contributed by atoms with E-state index in [1.807, 2.05) is 27.9 Å². The second-order valence-corrected chi connectivity index (χ2v) is 5.43. The molecule has 0 spiro atoms. The molecule has 0 atom stereocenters. The summed E-state index contributed by atoms with van der Waals surface area (Å²) in [6.07, 6.45) is 1.32. The summed E-state index contributed by atoms with van der Waals surface area (Å²) in [4.78, 5) is 17.3. The van der Waals surface area contributed by atoms with Crippen molar-refractivity contribution in [1.82, 2.24) is 15.2 Å². The molecule has 1 heterocycles. The van der Waals surface area contributed by atoms with Gasteiger partial charge in [-0.25, -0.2) is 4.98 Å². The monoisotopic (exact) mass is 253 g/mol. The summed E-state index contributed by atoms with van der Waals surface area (Å²) in [5, 5.41) is 2.74. The third-order valence-corrected chi connectivity index (χ3v) is 2.48. The molecule has 0 aliphatic rings. The zero-order valence-electron chi connectivity index (χ0n) is 11.3. The van der Waals surface area contributed by atoms with E-state index >= 15 is 0 Å². The van der Waals surface area contributed by atoms with Crippen LogP contribution in [0.5, 0.6) is 0 Å². The minimum Gasteiger partial charge on any atom is -0.351 e. The molecule has 0 aliphatic carbocycles. The Hall–Kier alpha value is -1.49. The average molecular weight is 253 g/mol. The van der Waals surface area contributed by atoms with Gasteiger partial charge in [-0.3, -0.25) is 4.79 Å². The number of rotatable bonds is 5. The van der Waals surface area contributed by atoms with Crippen LogP contribution in [0.15, 0.2) is 18.3 Å². The fourth-order valence-electron chi connectivity index (χ4n) is 1.88. The number of nitrogens with zero attached hydrogens (tertiary/aromatic N) is 2. The Bertz CT molecular complexity index is 418. The highest BCUT2D eigenvalue weighted by atomic mass is 19.1. The first-order valence-corrected chi connectivity index (χ1v) is 5.85. The summed E-state index contributed by atoms with van der Waals surface area (Å²) < 4.78 is 13.3. The molecule has 0 saturated carbocycles. The normalized spacial score (nSPS) is 11.7. The molecule has 1 aromatic rings. The molecule has 1 aromatic heterocycles. The van der Waals surface area contributed by atoms with Crippen molar-refractivity contribution in [2.24, 2.45) is 5.41 Å². The van der Waals surface area contributed by atoms with Crippen molar-refractivity contribution < 1.29 is 9.18 Å². The molecule has 0 aliphatic heterocycles. The molecule has 1 rings (SSSR count). The van der Waals surface area contributed by atoms with Gasteiger partial charge in [-0.2, -0.15) is 4.39 Å². The number of amides is 1. The van der Waals surface area contributed by atoms with Crippen molar-refractivity contribution in [3.8, 4) is 0 Å². The van der Waals surface area contributed by atoms with Gasteiger partial charge in [0.1, 0.15) is 0 Å². The van der Waals surface area contributed by atoms with Crippen LogP contribution in [0.4, 0.5) is 4.39 Å². The number of halogens is 1. The van der Waals surface area contributed by atoms with Crippen LogP contribution in [-0.4, -0.2) is 43.0 Å². The Labute approximate surface area is 107 Å². The SMILES string of the molecule is CN(C)CC(C)(C)CNC(=O)c1cccnc1F. The van der Waals surface area contributed by atoms with Gasteiger partial charge in [0.2, 0.25) is 5.95 Å². The van der Waals surface area contributed by atoms with Crippen molar-refractivity contribution in [2.45, 2.75) is 13.8 Å². The minimum atomic E-state index is -0.736. The first-order chi connectivity index (χ1) is 8.32. The third kappa shape index (κ3) is 4.41. The van der Waals surface area contributed by atoms with Crippen LogP contribution in [-0.2, 0) is 0 Å². The number of nitrogens with one attached hydrogen (secondary N) is 1. The van der Waals surface area contributed by atoms with Crippen LogP contribution in [0, 0.1) is 11.4 Å². The van der Waals surface area contributed by atoms with Gasteiger partial charge in [-0.1, -0.05) is 13.8 Å². The lowest BCUT2D eigenvalue weighted by Crippen LogP contribution is -2.40. The molecule has 1 N–H and O–H groups in total. The second-order valence-electron chi connectivity index (χ2n) is 5.43. The summed E-state index contributed by atoms with van der Waals surface area (Å²) in [7, 11) is 3.95. The maximum absolute atomic E-state index is 13.3. The molecular formula is C13H20FN3O. The Kier molecular flexibility index (Phi) is 4.78. The van der Waals surface area contributed by atoms with Crippen LogP contribution in [0.25, 0.3) is 0 Å². The average Bonchev–Trinajstić information content (AvgIpc) is 2.25. The maximum atomic E-state index is 13.3. The Morgan fingerprint density at radius 1 is 1.50 bits per heavy atom. The van der Waals surface area contributed by atoms with Gasteiger partial charge in [0.15, 0.2) is 0 Å². The highest BCUT2D eigenvalue weighted by Gasteiger charge is 2.21. The van der Waals surface area contributed by atoms with Gasteiger partial charge < -0.3 is 10.2 Å². The van der Waals surface area contributed by atoms with Crippen LogP contribution in [0.1, 0.15) is 24.2 Å². The zero-order valence-corrected chi connectivity index (χ0v) is 11.3. The Balaban J connectivity index is 2.59. The molecule has 0 fully saturated rings. The third-order valence-electron chi connectivity index (χ3n) is 2.48. The molecule has 5 heteroatoms. The lowest BCUT2D eigenvalue weighted by atomic mass is 9.93. The van der Waals surface area contributed by atoms with E-state index in [0.717, 1.165) is 6.54 Å². The summed E-state index contributed by atoms with van der Waals surface area (Å²) >= 11 is 0. The summed E-state index contributed by atoms with van der Waals surface area (Å²) in [5.74, 6) is -1.16. The molecule has 18 heavy (non-hydrogen) atoms. The molecule has 0 radical (unpaired) electrons. The fourth-order valence-corrected chi connectivity index (χ4v) is 1.88. The van der Waals surface area contributed by atoms with E-state index in [0.29, 0.717) is 6.54 Å². The predicted molar refractivity (Wildman–Crippen MR) is 68.9 cm³/mol. The largest absolute Gasteiger partial charge is 0.351 e. The smallest absolute Gasteiger partial charge is 0.255 e. The molecule has 0 saturated heterocycles. The van der Waals surface area contributed by atoms with Gasteiger partial charge >= 0.3 is 0 Å². The van der Waals surface area contributed by atoms with Crippen molar-refractivity contribution >= 4 is 5.91 Å². The minimum absolute atomic E-state index is 0.0156. The number of aromatic nitrogens is 1. The first-order valence-electron chi connectivity index (χ1n) is 5.85. The van der Waals surface area contributed by atoms with E-state index < -0.39 is 11.9 Å². The quantitative estimate of drug-likeness (QED) is 0.810. The highest BCUT2D eigenvalue weighted by Crippen LogP contribution is 2.14. The predicted octanol–water partition coefficient (Wildman–Crippen LogP) is 1.54. The molecular weight excluding hydrogens is 233 g/mol. The van der Waals surface area contributed by atoms with Gasteiger partial charge in [-0.05, 0) is 31.6 Å². The summed E-state index contributed by atoms with van der Waals surface area (Å²) in [5.41, 5.74) is -0.0872. The van der Waals surface area contributed by atoms with Crippen LogP contribution >= 0.6 is 0 Å². The van der Waals surface area contributed by atoms with Crippen LogP contribution < -0.4 is 5.32 Å². The van der Waals surface area contributed by atoms with Crippen LogP contribution in [0.2, 0.25) is 0 Å². The lowest BCUT2D eigenvalue weighted by molar-refractivity contribution is 0.0924. The lowest BCUT2D eigenvalue weighted by Gasteiger charge is -2.28. The molecule has 100 valence electrons. The van der Waals surface area contributed by atoms with Crippen LogP contribution in [0.3, 0.4) is 0 Å². The number of pyridine rings is 1. The number of hydrogen-bond acceptors (Lipinski definition) is 3. The molecule has 1 amide bonds. The maximum Gasteiger partial charge on any atom is 0.255 e. The van der Waals surface area contributed by atoms with E-state index in [2.05, 4.69) is 15.2 Å². The molecule has 0 unspecified atom stereocenters. The topological polar surface area (TPSA) is 45.2 Å². The standard InChI is InChI=1S/C13H20FN3O/c1-13(2,9-17(3)4)8-16-12(18)10-6-5-7-15-11(10)14/h5-7H,8-9H2,1-4H3,(H,16,18). The second kappa shape index (κ2) is 5.91. The van der Waals surface area contributed by atoms with Gasteiger partial charge in [-0.15, -0.1) is 0 Å². The molecule has 0 bridgehead atoms. The number of carbonyl (C=O) groups is 1. The van der Waals surface area contributed by atoms with Gasteiger partial charge in [0.05, 0.1) is 5.56 Å². The van der Waals surface area contributed by atoms with E-state index in [1.54, 1.807) is 6.07 Å². The van der Waals surface area contributed by atoms with E-state index in [4.69, 9.17) is 0 Å². The molecule has 4 nitrogen and oxygen atoms in total. The van der Waals surface area contributed by atoms with Crippen molar-refractivity contribution in [1.29, 1.82) is 0 Å². The van der Waals surface area contributed by atoms with E-state index in [1.165, 1.54) is 12.3 Å². The molecule has 0 aromatic carbocycles. The fraction of sp³-hybridized carbons (Fsp3) is 0.538. The first kappa shape index (κ1) is 14.6. The summed E-state index contributed by atoms with van der Waals surface area (Å²) in [6.45, 7) is 5.42. The number of hydrogen-bond donors (Lipinski definition) is 1. The van der Waals surface area contributed by atoms with Gasteiger partial charge in [0, 0.05) is 19.3 Å². The number of carbonyl (C=O) groups excluding carboxylic acids is 1. The summed E-state index contributed by atoms with van der Waals surface area (Å²) in [6, 6.07) is 2.97. The van der Waals surface area contributed by atoms with Crippen molar-refractivity contribution in [3.63, 3.8) is 0 Å². The Morgan fingerprint density at radius 2 is 2.17 bits per heavy atom. The van der Waals surface area contributed by atoms with Crippen molar-refractivity contribution in [2.75, 3.05) is 27.2 Å². The van der Waals surface area contributed by atoms with Gasteiger partial charge in [0.25, 0.3) is 5.91 Å². The van der Waals surface area contributed by atoms with E-state index in [9.17, 15) is 9.18 Å².